The van der Waals surface area contributed by atoms with E-state index in [1.165, 1.54) is 0 Å². The molecule has 6 nitrogen and oxygen atoms in total. The lowest BCUT2D eigenvalue weighted by Crippen LogP contribution is -2.02. The molecule has 0 saturated heterocycles. The van der Waals surface area contributed by atoms with Crippen LogP contribution in [-0.4, -0.2) is 19.5 Å². The Balaban J connectivity index is 1.20. The number of nitriles is 1. The molecule has 3 aromatic heterocycles. The topological polar surface area (TPSA) is 80.5 Å². The summed E-state index contributed by atoms with van der Waals surface area (Å²) >= 11 is 0. The van der Waals surface area contributed by atoms with Crippen LogP contribution in [0.1, 0.15) is 5.56 Å². The smallest absolute Gasteiger partial charge is 0.166 e. The van der Waals surface area contributed by atoms with Gasteiger partial charge in [0.2, 0.25) is 0 Å². The van der Waals surface area contributed by atoms with Crippen LogP contribution in [0.3, 0.4) is 0 Å². The summed E-state index contributed by atoms with van der Waals surface area (Å²) in [7, 11) is 0. The molecule has 0 N–H and O–H groups in total. The first kappa shape index (κ1) is 29.5. The molecule has 10 rings (SSSR count). The zero-order valence-corrected chi connectivity index (χ0v) is 27.7. The van der Waals surface area contributed by atoms with Crippen molar-refractivity contribution < 1.29 is 4.42 Å². The highest BCUT2D eigenvalue weighted by Gasteiger charge is 2.20. The van der Waals surface area contributed by atoms with Gasteiger partial charge in [0.15, 0.2) is 23.1 Å². The molecule has 0 amide bonds. The second kappa shape index (κ2) is 11.9. The fourth-order valence-corrected chi connectivity index (χ4v) is 7.30. The van der Waals surface area contributed by atoms with Crippen LogP contribution < -0.4 is 0 Å². The van der Waals surface area contributed by atoms with Gasteiger partial charge in [-0.1, -0.05) is 115 Å². The SMILES string of the molecule is N#Cc1cc(-c2cccc(-c3nc(-c4ccccc4)nc(-c4cccc5c6ccccc6n(-c6ccccc6)c45)n3)c2)cc2c1oc1ccccc12. The Morgan fingerprint density at radius 2 is 1.12 bits per heavy atom. The number of hydrogen-bond acceptors (Lipinski definition) is 5. The molecule has 0 aliphatic heterocycles. The zero-order valence-electron chi connectivity index (χ0n) is 27.7. The van der Waals surface area contributed by atoms with E-state index in [4.69, 9.17) is 19.4 Å². The van der Waals surface area contributed by atoms with Crippen LogP contribution in [0.4, 0.5) is 0 Å². The van der Waals surface area contributed by atoms with Crippen molar-refractivity contribution in [1.82, 2.24) is 19.5 Å². The van der Waals surface area contributed by atoms with E-state index in [2.05, 4.69) is 89.5 Å². The van der Waals surface area contributed by atoms with Gasteiger partial charge in [-0.05, 0) is 59.7 Å². The van der Waals surface area contributed by atoms with Crippen molar-refractivity contribution >= 4 is 43.7 Å². The van der Waals surface area contributed by atoms with E-state index in [1.807, 2.05) is 84.9 Å². The van der Waals surface area contributed by atoms with Crippen LogP contribution in [0.15, 0.2) is 168 Å². The van der Waals surface area contributed by atoms with E-state index in [1.54, 1.807) is 0 Å². The number of hydrogen-bond donors (Lipinski definition) is 0. The third-order valence-electron chi connectivity index (χ3n) is 9.67. The lowest BCUT2D eigenvalue weighted by Gasteiger charge is -2.13. The number of rotatable bonds is 5. The van der Waals surface area contributed by atoms with Crippen LogP contribution >= 0.6 is 0 Å². The lowest BCUT2D eigenvalue weighted by atomic mass is 9.98. The highest BCUT2D eigenvalue weighted by atomic mass is 16.3. The molecule has 0 aliphatic rings. The summed E-state index contributed by atoms with van der Waals surface area (Å²) in [4.78, 5) is 15.4. The highest BCUT2D eigenvalue weighted by Crippen LogP contribution is 2.39. The standard InChI is InChI=1S/C46H27N5O/c47-28-33-26-32(27-39-36-20-8-10-24-41(36)52-43(33)39)30-15-11-16-31(25-30)45-48-44(29-13-3-1-4-14-29)49-46(50-45)38-22-12-21-37-35-19-7-9-23-40(35)51(42(37)38)34-17-5-2-6-18-34/h1-27H. The number of para-hydroxylation sites is 4. The maximum atomic E-state index is 10.1. The molecule has 0 unspecified atom stereocenters. The number of benzene rings is 7. The molecule has 242 valence electrons. The molecule has 7 aromatic carbocycles. The minimum absolute atomic E-state index is 0.491. The summed E-state index contributed by atoms with van der Waals surface area (Å²) < 4.78 is 8.40. The van der Waals surface area contributed by atoms with Crippen molar-refractivity contribution in [2.24, 2.45) is 0 Å². The summed E-state index contributed by atoms with van der Waals surface area (Å²) in [5, 5.41) is 14.3. The highest BCUT2D eigenvalue weighted by molar-refractivity contribution is 6.13. The monoisotopic (exact) mass is 665 g/mol. The van der Waals surface area contributed by atoms with Gasteiger partial charge in [-0.2, -0.15) is 5.26 Å². The lowest BCUT2D eigenvalue weighted by molar-refractivity contribution is 0.667. The number of aromatic nitrogens is 4. The van der Waals surface area contributed by atoms with Crippen molar-refractivity contribution in [2.45, 2.75) is 0 Å². The Bertz CT molecular complexity index is 3030. The molecule has 0 spiro atoms. The number of fused-ring (bicyclic) bond motifs is 6. The molecular weight excluding hydrogens is 639 g/mol. The van der Waals surface area contributed by atoms with E-state index >= 15 is 0 Å². The molecule has 0 radical (unpaired) electrons. The number of furan rings is 1. The number of nitrogens with zero attached hydrogens (tertiary/aromatic N) is 5. The summed E-state index contributed by atoms with van der Waals surface area (Å²) in [6.45, 7) is 0. The van der Waals surface area contributed by atoms with Crippen LogP contribution in [0.5, 0.6) is 0 Å². The minimum Gasteiger partial charge on any atom is -0.455 e. The van der Waals surface area contributed by atoms with E-state index in [0.29, 0.717) is 28.6 Å². The largest absolute Gasteiger partial charge is 0.455 e. The van der Waals surface area contributed by atoms with Gasteiger partial charge >= 0.3 is 0 Å². The van der Waals surface area contributed by atoms with E-state index < -0.39 is 0 Å². The Kier molecular flexibility index (Phi) is 6.76. The van der Waals surface area contributed by atoms with Crippen molar-refractivity contribution in [3.63, 3.8) is 0 Å². The second-order valence-corrected chi connectivity index (χ2v) is 12.8. The van der Waals surface area contributed by atoms with Crippen molar-refractivity contribution in [2.75, 3.05) is 0 Å². The van der Waals surface area contributed by atoms with Crippen LogP contribution in [0.2, 0.25) is 0 Å². The molecule has 0 saturated carbocycles. The van der Waals surface area contributed by atoms with Gasteiger partial charge in [0.25, 0.3) is 0 Å². The predicted octanol–water partition coefficient (Wildman–Crippen LogP) is 11.4. The first-order chi connectivity index (χ1) is 25.7. The average molecular weight is 666 g/mol. The average Bonchev–Trinajstić information content (AvgIpc) is 3.77. The Labute approximate surface area is 298 Å². The normalized spacial score (nSPS) is 11.4. The van der Waals surface area contributed by atoms with Gasteiger partial charge < -0.3 is 8.98 Å². The van der Waals surface area contributed by atoms with Gasteiger partial charge in [0.1, 0.15) is 11.7 Å². The Morgan fingerprint density at radius 3 is 1.94 bits per heavy atom. The predicted molar refractivity (Wildman–Crippen MR) is 208 cm³/mol. The third-order valence-corrected chi connectivity index (χ3v) is 9.67. The van der Waals surface area contributed by atoms with Gasteiger partial charge in [-0.15, -0.1) is 0 Å². The van der Waals surface area contributed by atoms with Crippen LogP contribution in [0, 0.1) is 11.3 Å². The van der Waals surface area contributed by atoms with Gasteiger partial charge in [0.05, 0.1) is 16.6 Å². The zero-order chi connectivity index (χ0) is 34.6. The summed E-state index contributed by atoms with van der Waals surface area (Å²) in [6, 6.07) is 57.7. The third kappa shape index (κ3) is 4.76. The first-order valence-corrected chi connectivity index (χ1v) is 17.1. The molecule has 3 heterocycles. The molecule has 52 heavy (non-hydrogen) atoms. The molecular formula is C46H27N5O. The maximum Gasteiger partial charge on any atom is 0.166 e. The minimum atomic E-state index is 0.491. The van der Waals surface area contributed by atoms with E-state index in [-0.39, 0.29) is 0 Å². The van der Waals surface area contributed by atoms with E-state index in [0.717, 1.165) is 71.7 Å². The molecule has 0 fully saturated rings. The van der Waals surface area contributed by atoms with Crippen molar-refractivity contribution in [3.8, 4) is 57.0 Å². The first-order valence-electron chi connectivity index (χ1n) is 17.1. The van der Waals surface area contributed by atoms with Crippen molar-refractivity contribution in [3.05, 3.63) is 169 Å². The second-order valence-electron chi connectivity index (χ2n) is 12.8. The fourth-order valence-electron chi connectivity index (χ4n) is 7.30. The van der Waals surface area contributed by atoms with Crippen LogP contribution in [0.25, 0.3) is 94.7 Å². The van der Waals surface area contributed by atoms with Crippen LogP contribution in [-0.2, 0) is 0 Å². The van der Waals surface area contributed by atoms with E-state index in [9.17, 15) is 5.26 Å². The molecule has 10 aromatic rings. The molecule has 0 atom stereocenters. The van der Waals surface area contributed by atoms with Crippen molar-refractivity contribution in [1.29, 1.82) is 5.26 Å². The summed E-state index contributed by atoms with van der Waals surface area (Å²) in [5.74, 6) is 1.72. The summed E-state index contributed by atoms with van der Waals surface area (Å²) in [6.07, 6.45) is 0. The van der Waals surface area contributed by atoms with Gasteiger partial charge in [-0.3, -0.25) is 0 Å². The summed E-state index contributed by atoms with van der Waals surface area (Å²) in [5.41, 5.74) is 9.54. The molecule has 0 bridgehead atoms. The quantitative estimate of drug-likeness (QED) is 0.183. The van der Waals surface area contributed by atoms with Gasteiger partial charge in [-0.25, -0.2) is 15.0 Å². The molecule has 0 aliphatic carbocycles. The maximum absolute atomic E-state index is 10.1. The Morgan fingerprint density at radius 1 is 0.481 bits per heavy atom. The fraction of sp³-hybridized carbons (Fsp3) is 0. The molecule has 6 heteroatoms. The Hall–Kier alpha value is -7.36. The van der Waals surface area contributed by atoms with Gasteiger partial charge in [0, 0.05) is 43.9 Å².